The quantitative estimate of drug-likeness (QED) is 0.520. The molecule has 0 saturated heterocycles. The SMILES string of the molecule is COc1ccccc1/C=C/C(=O)Nc1ccc(C)cc1[N+](=O)[O-]. The van der Waals surface area contributed by atoms with Gasteiger partial charge in [-0.1, -0.05) is 24.3 Å². The van der Waals surface area contributed by atoms with E-state index in [1.54, 1.807) is 38.3 Å². The van der Waals surface area contributed by atoms with Crippen LogP contribution in [0.25, 0.3) is 6.08 Å². The third-order valence-electron chi connectivity index (χ3n) is 3.16. The third kappa shape index (κ3) is 4.16. The number of hydrogen-bond donors (Lipinski definition) is 1. The Bertz CT molecular complexity index is 769. The van der Waals surface area contributed by atoms with Crippen LogP contribution in [0.2, 0.25) is 0 Å². The van der Waals surface area contributed by atoms with Gasteiger partial charge in [0.15, 0.2) is 0 Å². The summed E-state index contributed by atoms with van der Waals surface area (Å²) in [7, 11) is 1.54. The van der Waals surface area contributed by atoms with Crippen LogP contribution in [-0.4, -0.2) is 17.9 Å². The van der Waals surface area contributed by atoms with E-state index in [0.29, 0.717) is 5.75 Å². The first kappa shape index (κ1) is 16.2. The number of methoxy groups -OCH3 is 1. The Morgan fingerprint density at radius 2 is 2.00 bits per heavy atom. The highest BCUT2D eigenvalue weighted by Gasteiger charge is 2.14. The molecule has 0 aliphatic rings. The molecule has 0 radical (unpaired) electrons. The van der Waals surface area contributed by atoms with Crippen molar-refractivity contribution in [1.82, 2.24) is 0 Å². The van der Waals surface area contributed by atoms with Crippen LogP contribution in [-0.2, 0) is 4.79 Å². The number of hydrogen-bond acceptors (Lipinski definition) is 4. The number of nitro groups is 1. The molecule has 0 saturated carbocycles. The first-order chi connectivity index (χ1) is 11.0. The minimum absolute atomic E-state index is 0.135. The van der Waals surface area contributed by atoms with E-state index in [9.17, 15) is 14.9 Å². The summed E-state index contributed by atoms with van der Waals surface area (Å²) < 4.78 is 5.19. The van der Waals surface area contributed by atoms with E-state index in [0.717, 1.165) is 11.1 Å². The molecule has 0 aliphatic heterocycles. The highest BCUT2D eigenvalue weighted by atomic mass is 16.6. The molecule has 2 aromatic carbocycles. The van der Waals surface area contributed by atoms with Gasteiger partial charge in [0, 0.05) is 17.7 Å². The lowest BCUT2D eigenvalue weighted by molar-refractivity contribution is -0.384. The fraction of sp³-hybridized carbons (Fsp3) is 0.118. The lowest BCUT2D eigenvalue weighted by Crippen LogP contribution is -2.09. The van der Waals surface area contributed by atoms with Gasteiger partial charge in [0.1, 0.15) is 11.4 Å². The summed E-state index contributed by atoms with van der Waals surface area (Å²) in [5, 5.41) is 13.6. The molecule has 6 heteroatoms. The van der Waals surface area contributed by atoms with Gasteiger partial charge in [-0.05, 0) is 30.7 Å². The van der Waals surface area contributed by atoms with Crippen LogP contribution in [0.5, 0.6) is 5.75 Å². The molecule has 0 spiro atoms. The Kier molecular flexibility index (Phi) is 5.09. The average molecular weight is 312 g/mol. The Balaban J connectivity index is 2.17. The number of nitrogens with one attached hydrogen (secondary N) is 1. The van der Waals surface area contributed by atoms with Crippen molar-refractivity contribution in [2.75, 3.05) is 12.4 Å². The number of carbonyl (C=O) groups excluding carboxylic acids is 1. The molecule has 0 aliphatic carbocycles. The van der Waals surface area contributed by atoms with E-state index in [4.69, 9.17) is 4.74 Å². The number of nitro benzene ring substituents is 1. The van der Waals surface area contributed by atoms with Crippen molar-refractivity contribution in [3.8, 4) is 5.75 Å². The Hall–Kier alpha value is -3.15. The van der Waals surface area contributed by atoms with E-state index in [2.05, 4.69) is 5.32 Å². The van der Waals surface area contributed by atoms with Crippen LogP contribution >= 0.6 is 0 Å². The van der Waals surface area contributed by atoms with Crippen LogP contribution in [0.4, 0.5) is 11.4 Å². The summed E-state index contributed by atoms with van der Waals surface area (Å²) in [5.74, 6) is 0.181. The Labute approximate surface area is 133 Å². The van der Waals surface area contributed by atoms with Gasteiger partial charge in [-0.15, -0.1) is 0 Å². The predicted octanol–water partition coefficient (Wildman–Crippen LogP) is 3.56. The summed E-state index contributed by atoms with van der Waals surface area (Å²) in [5.41, 5.74) is 1.52. The number of benzene rings is 2. The standard InChI is InChI=1S/C17H16N2O4/c1-12-7-9-14(15(11-12)19(21)22)18-17(20)10-8-13-5-3-4-6-16(13)23-2/h3-11H,1-2H3,(H,18,20)/b10-8+. The predicted molar refractivity (Wildman–Crippen MR) is 88.5 cm³/mol. The van der Waals surface area contributed by atoms with Crippen molar-refractivity contribution in [2.45, 2.75) is 6.92 Å². The summed E-state index contributed by atoms with van der Waals surface area (Å²) in [6.07, 6.45) is 2.90. The van der Waals surface area contributed by atoms with E-state index in [1.807, 2.05) is 12.1 Å². The maximum absolute atomic E-state index is 12.0. The smallest absolute Gasteiger partial charge is 0.293 e. The van der Waals surface area contributed by atoms with E-state index in [-0.39, 0.29) is 11.4 Å². The molecule has 0 fully saturated rings. The largest absolute Gasteiger partial charge is 0.496 e. The van der Waals surface area contributed by atoms with Crippen LogP contribution < -0.4 is 10.1 Å². The zero-order chi connectivity index (χ0) is 16.8. The zero-order valence-electron chi connectivity index (χ0n) is 12.8. The number of carbonyl (C=O) groups is 1. The number of anilines is 1. The number of nitrogens with zero attached hydrogens (tertiary/aromatic N) is 1. The average Bonchev–Trinajstić information content (AvgIpc) is 2.54. The molecule has 23 heavy (non-hydrogen) atoms. The molecule has 0 aromatic heterocycles. The van der Waals surface area contributed by atoms with Gasteiger partial charge < -0.3 is 10.1 Å². The highest BCUT2D eigenvalue weighted by molar-refractivity contribution is 6.03. The van der Waals surface area contributed by atoms with Gasteiger partial charge in [0.2, 0.25) is 5.91 Å². The number of rotatable bonds is 5. The summed E-state index contributed by atoms with van der Waals surface area (Å²) in [6, 6.07) is 11.9. The number of aryl methyl sites for hydroxylation is 1. The number of para-hydroxylation sites is 1. The Morgan fingerprint density at radius 1 is 1.26 bits per heavy atom. The molecule has 6 nitrogen and oxygen atoms in total. The molecular formula is C17H16N2O4. The monoisotopic (exact) mass is 312 g/mol. The van der Waals surface area contributed by atoms with Crippen molar-refractivity contribution in [2.24, 2.45) is 0 Å². The van der Waals surface area contributed by atoms with E-state index < -0.39 is 10.8 Å². The van der Waals surface area contributed by atoms with Crippen molar-refractivity contribution in [1.29, 1.82) is 0 Å². The van der Waals surface area contributed by atoms with Gasteiger partial charge in [-0.25, -0.2) is 0 Å². The van der Waals surface area contributed by atoms with Crippen molar-refractivity contribution < 1.29 is 14.5 Å². The molecule has 2 aromatic rings. The molecule has 0 unspecified atom stereocenters. The van der Waals surface area contributed by atoms with Gasteiger partial charge in [0.25, 0.3) is 5.69 Å². The number of ether oxygens (including phenoxy) is 1. The Morgan fingerprint density at radius 3 is 2.70 bits per heavy atom. The topological polar surface area (TPSA) is 81.5 Å². The normalized spacial score (nSPS) is 10.5. The van der Waals surface area contributed by atoms with E-state index in [1.165, 1.54) is 18.2 Å². The first-order valence-electron chi connectivity index (χ1n) is 6.88. The minimum atomic E-state index is -0.521. The molecule has 2 rings (SSSR count). The molecular weight excluding hydrogens is 296 g/mol. The van der Waals surface area contributed by atoms with Gasteiger partial charge in [-0.2, -0.15) is 0 Å². The van der Waals surface area contributed by atoms with Crippen molar-refractivity contribution in [3.63, 3.8) is 0 Å². The lowest BCUT2D eigenvalue weighted by Gasteiger charge is -2.05. The minimum Gasteiger partial charge on any atom is -0.496 e. The molecule has 0 atom stereocenters. The van der Waals surface area contributed by atoms with Crippen LogP contribution in [0.1, 0.15) is 11.1 Å². The summed E-state index contributed by atoms with van der Waals surface area (Å²) in [4.78, 5) is 22.5. The van der Waals surface area contributed by atoms with Gasteiger partial charge >= 0.3 is 0 Å². The molecule has 1 N–H and O–H groups in total. The lowest BCUT2D eigenvalue weighted by atomic mass is 10.1. The first-order valence-corrected chi connectivity index (χ1v) is 6.88. The van der Waals surface area contributed by atoms with Gasteiger partial charge in [0.05, 0.1) is 12.0 Å². The highest BCUT2D eigenvalue weighted by Crippen LogP contribution is 2.25. The fourth-order valence-corrected chi connectivity index (χ4v) is 2.04. The number of amides is 1. The maximum Gasteiger partial charge on any atom is 0.293 e. The third-order valence-corrected chi connectivity index (χ3v) is 3.16. The maximum atomic E-state index is 12.0. The summed E-state index contributed by atoms with van der Waals surface area (Å²) >= 11 is 0. The summed E-state index contributed by atoms with van der Waals surface area (Å²) in [6.45, 7) is 1.75. The van der Waals surface area contributed by atoms with Gasteiger partial charge in [-0.3, -0.25) is 14.9 Å². The second kappa shape index (κ2) is 7.22. The van der Waals surface area contributed by atoms with Crippen LogP contribution in [0, 0.1) is 17.0 Å². The molecule has 0 heterocycles. The molecule has 1 amide bonds. The zero-order valence-corrected chi connectivity index (χ0v) is 12.8. The second-order valence-corrected chi connectivity index (χ2v) is 4.84. The van der Waals surface area contributed by atoms with E-state index >= 15 is 0 Å². The van der Waals surface area contributed by atoms with Crippen molar-refractivity contribution in [3.05, 3.63) is 69.8 Å². The fourth-order valence-electron chi connectivity index (χ4n) is 2.04. The second-order valence-electron chi connectivity index (χ2n) is 4.84. The van der Waals surface area contributed by atoms with Crippen LogP contribution in [0.3, 0.4) is 0 Å². The molecule has 0 bridgehead atoms. The van der Waals surface area contributed by atoms with Crippen LogP contribution in [0.15, 0.2) is 48.5 Å². The van der Waals surface area contributed by atoms with Crippen molar-refractivity contribution >= 4 is 23.4 Å². The molecule has 118 valence electrons.